The van der Waals surface area contributed by atoms with Gasteiger partial charge in [0.1, 0.15) is 0 Å². The molecule has 0 saturated carbocycles. The molecule has 1 rings (SSSR count). The Morgan fingerprint density at radius 1 is 1.75 bits per heavy atom. The largest absolute Gasteiger partial charge is 0.462 e. The summed E-state index contributed by atoms with van der Waals surface area (Å²) < 4.78 is 9.89. The summed E-state index contributed by atoms with van der Waals surface area (Å²) >= 11 is 0. The molecule has 1 unspecified atom stereocenters. The number of rotatable bonds is 5. The maximum atomic E-state index is 11.0. The molecule has 1 fully saturated rings. The lowest BCUT2D eigenvalue weighted by Gasteiger charge is -2.03. The van der Waals surface area contributed by atoms with Gasteiger partial charge < -0.3 is 9.47 Å². The van der Waals surface area contributed by atoms with Crippen LogP contribution >= 0.6 is 0 Å². The van der Waals surface area contributed by atoms with E-state index in [-0.39, 0.29) is 5.97 Å². The fourth-order valence-electron chi connectivity index (χ4n) is 0.764. The zero-order valence-electron chi connectivity index (χ0n) is 7.34. The lowest BCUT2D eigenvalue weighted by Crippen LogP contribution is -2.08. The molecule has 0 aromatic carbocycles. The number of esters is 1. The molecule has 0 aromatic rings. The second kappa shape index (κ2) is 4.26. The maximum absolute atomic E-state index is 11.0. The summed E-state index contributed by atoms with van der Waals surface area (Å²) in [5.41, 5.74) is 0.534. The van der Waals surface area contributed by atoms with E-state index in [4.69, 9.17) is 9.47 Å². The first-order valence-electron chi connectivity index (χ1n) is 4.20. The summed E-state index contributed by atoms with van der Waals surface area (Å²) in [7, 11) is 0. The van der Waals surface area contributed by atoms with Crippen molar-refractivity contribution >= 4 is 5.97 Å². The van der Waals surface area contributed by atoms with Crippen LogP contribution in [0.15, 0.2) is 12.2 Å². The molecule has 0 aliphatic carbocycles. The highest BCUT2D eigenvalue weighted by atomic mass is 16.6. The Morgan fingerprint density at radius 3 is 2.92 bits per heavy atom. The molecule has 0 aromatic heterocycles. The third-order valence-electron chi connectivity index (χ3n) is 1.79. The first-order chi connectivity index (χ1) is 5.74. The van der Waals surface area contributed by atoms with Crippen molar-refractivity contribution in [2.75, 3.05) is 13.2 Å². The van der Waals surface area contributed by atoms with Gasteiger partial charge in [-0.05, 0) is 6.42 Å². The van der Waals surface area contributed by atoms with Crippen LogP contribution in [-0.4, -0.2) is 25.3 Å². The third-order valence-corrected chi connectivity index (χ3v) is 1.79. The minimum atomic E-state index is -0.279. The molecule has 3 heteroatoms. The molecule has 1 saturated heterocycles. The Balaban J connectivity index is 2.04. The van der Waals surface area contributed by atoms with Crippen molar-refractivity contribution in [1.29, 1.82) is 0 Å². The highest BCUT2D eigenvalue weighted by Gasteiger charge is 2.22. The van der Waals surface area contributed by atoms with E-state index in [0.29, 0.717) is 24.7 Å². The fraction of sp³-hybridized carbons (Fsp3) is 0.667. The predicted molar refractivity (Wildman–Crippen MR) is 44.7 cm³/mol. The van der Waals surface area contributed by atoms with Crippen LogP contribution in [0.3, 0.4) is 0 Å². The molecule has 0 radical (unpaired) electrons. The van der Waals surface area contributed by atoms with Gasteiger partial charge in [-0.1, -0.05) is 13.5 Å². The van der Waals surface area contributed by atoms with Crippen molar-refractivity contribution in [3.63, 3.8) is 0 Å². The van der Waals surface area contributed by atoms with E-state index in [1.807, 2.05) is 6.92 Å². The van der Waals surface area contributed by atoms with Crippen LogP contribution in [0.5, 0.6) is 0 Å². The lowest BCUT2D eigenvalue weighted by molar-refractivity contribution is -0.139. The normalized spacial score (nSPS) is 20.2. The molecular weight excluding hydrogens is 156 g/mol. The standard InChI is InChI=1S/C9H14O3/c1-3-7(2)9(10)11-5-4-8-6-12-8/h8H,2-6H2,1H3. The molecule has 0 spiro atoms. The van der Waals surface area contributed by atoms with Gasteiger partial charge in [0.25, 0.3) is 0 Å². The third kappa shape index (κ3) is 3.05. The Hall–Kier alpha value is -0.830. The smallest absolute Gasteiger partial charge is 0.333 e. The van der Waals surface area contributed by atoms with Gasteiger partial charge in [0.05, 0.1) is 19.3 Å². The second-order valence-corrected chi connectivity index (χ2v) is 2.84. The van der Waals surface area contributed by atoms with Gasteiger partial charge in [-0.25, -0.2) is 4.79 Å². The minimum absolute atomic E-state index is 0.279. The monoisotopic (exact) mass is 170 g/mol. The second-order valence-electron chi connectivity index (χ2n) is 2.84. The molecule has 3 nitrogen and oxygen atoms in total. The molecule has 1 atom stereocenters. The summed E-state index contributed by atoms with van der Waals surface area (Å²) in [5.74, 6) is -0.279. The molecule has 0 N–H and O–H groups in total. The van der Waals surface area contributed by atoms with Crippen molar-refractivity contribution < 1.29 is 14.3 Å². The minimum Gasteiger partial charge on any atom is -0.462 e. The first-order valence-corrected chi connectivity index (χ1v) is 4.20. The van der Waals surface area contributed by atoms with Crippen LogP contribution < -0.4 is 0 Å². The zero-order valence-corrected chi connectivity index (χ0v) is 7.34. The molecule has 12 heavy (non-hydrogen) atoms. The van der Waals surface area contributed by atoms with E-state index in [2.05, 4.69) is 6.58 Å². The number of carbonyl (C=O) groups excluding carboxylic acids is 1. The molecule has 1 aliphatic rings. The van der Waals surface area contributed by atoms with Crippen molar-refractivity contribution in [2.45, 2.75) is 25.9 Å². The quantitative estimate of drug-likeness (QED) is 0.354. The molecule has 68 valence electrons. The average Bonchev–Trinajstić information content (AvgIpc) is 2.86. The van der Waals surface area contributed by atoms with Crippen LogP contribution in [0.25, 0.3) is 0 Å². The van der Waals surface area contributed by atoms with E-state index < -0.39 is 0 Å². The number of hydrogen-bond donors (Lipinski definition) is 0. The Morgan fingerprint density at radius 2 is 2.42 bits per heavy atom. The Labute approximate surface area is 72.4 Å². The Kier molecular flexibility index (Phi) is 3.29. The van der Waals surface area contributed by atoms with Crippen molar-refractivity contribution in [3.05, 3.63) is 12.2 Å². The fourth-order valence-corrected chi connectivity index (χ4v) is 0.764. The zero-order chi connectivity index (χ0) is 8.97. The molecular formula is C9H14O3. The van der Waals surface area contributed by atoms with Gasteiger partial charge in [0.2, 0.25) is 0 Å². The van der Waals surface area contributed by atoms with E-state index in [9.17, 15) is 4.79 Å². The highest BCUT2D eigenvalue weighted by Crippen LogP contribution is 2.13. The van der Waals surface area contributed by atoms with Gasteiger partial charge in [-0.2, -0.15) is 0 Å². The van der Waals surface area contributed by atoms with Gasteiger partial charge >= 0.3 is 5.97 Å². The van der Waals surface area contributed by atoms with Crippen LogP contribution in [0.2, 0.25) is 0 Å². The predicted octanol–water partition coefficient (Wildman–Crippen LogP) is 1.28. The number of hydrogen-bond acceptors (Lipinski definition) is 3. The lowest BCUT2D eigenvalue weighted by atomic mass is 10.2. The summed E-state index contributed by atoms with van der Waals surface area (Å²) in [5, 5.41) is 0. The van der Waals surface area contributed by atoms with Crippen molar-refractivity contribution in [2.24, 2.45) is 0 Å². The van der Waals surface area contributed by atoms with Gasteiger partial charge in [-0.15, -0.1) is 0 Å². The number of ether oxygens (including phenoxy) is 2. The van der Waals surface area contributed by atoms with Crippen molar-refractivity contribution in [3.8, 4) is 0 Å². The van der Waals surface area contributed by atoms with Crippen LogP contribution in [0.4, 0.5) is 0 Å². The average molecular weight is 170 g/mol. The number of carbonyl (C=O) groups is 1. The molecule has 0 amide bonds. The molecule has 1 aliphatic heterocycles. The van der Waals surface area contributed by atoms with Gasteiger partial charge in [0.15, 0.2) is 0 Å². The summed E-state index contributed by atoms with van der Waals surface area (Å²) in [6.45, 7) is 6.72. The van der Waals surface area contributed by atoms with E-state index in [0.717, 1.165) is 13.0 Å². The van der Waals surface area contributed by atoms with Crippen LogP contribution in [0, 0.1) is 0 Å². The Bertz CT molecular complexity index is 182. The van der Waals surface area contributed by atoms with E-state index >= 15 is 0 Å². The van der Waals surface area contributed by atoms with Crippen molar-refractivity contribution in [1.82, 2.24) is 0 Å². The summed E-state index contributed by atoms with van der Waals surface area (Å²) in [6, 6.07) is 0. The molecule has 0 bridgehead atoms. The van der Waals surface area contributed by atoms with Crippen LogP contribution in [0.1, 0.15) is 19.8 Å². The SMILES string of the molecule is C=C(CC)C(=O)OCCC1CO1. The topological polar surface area (TPSA) is 38.8 Å². The number of epoxide rings is 1. The van der Waals surface area contributed by atoms with Gasteiger partial charge in [0, 0.05) is 12.0 Å². The highest BCUT2D eigenvalue weighted by molar-refractivity contribution is 5.87. The molecule has 1 heterocycles. The maximum Gasteiger partial charge on any atom is 0.333 e. The van der Waals surface area contributed by atoms with Crippen LogP contribution in [-0.2, 0) is 14.3 Å². The van der Waals surface area contributed by atoms with Gasteiger partial charge in [-0.3, -0.25) is 0 Å². The van der Waals surface area contributed by atoms with E-state index in [1.54, 1.807) is 0 Å². The van der Waals surface area contributed by atoms with E-state index in [1.165, 1.54) is 0 Å². The summed E-state index contributed by atoms with van der Waals surface area (Å²) in [4.78, 5) is 11.0. The summed E-state index contributed by atoms with van der Waals surface area (Å²) in [6.07, 6.45) is 1.79. The first kappa shape index (κ1) is 9.26.